The zero-order valence-corrected chi connectivity index (χ0v) is 16.2. The summed E-state index contributed by atoms with van der Waals surface area (Å²) in [7, 11) is -3.51. The summed E-state index contributed by atoms with van der Waals surface area (Å²) in [6, 6.07) is 0. The number of nitrogens with one attached hydrogen (secondary N) is 1. The number of hydrogen-bond acceptors (Lipinski definition) is 3. The van der Waals surface area contributed by atoms with Crippen LogP contribution in [0.4, 0.5) is 0 Å². The fraction of sp³-hybridized carbons (Fsp3) is 0.500. The third-order valence-corrected chi connectivity index (χ3v) is 6.55. The van der Waals surface area contributed by atoms with Gasteiger partial charge in [-0.2, -0.15) is 5.10 Å². The highest BCUT2D eigenvalue weighted by Gasteiger charge is 2.23. The van der Waals surface area contributed by atoms with E-state index >= 15 is 0 Å². The highest BCUT2D eigenvalue weighted by molar-refractivity contribution is 7.89. The molecule has 6 heteroatoms. The minimum atomic E-state index is -3.51. The van der Waals surface area contributed by atoms with Crippen molar-refractivity contribution >= 4 is 10.0 Å². The first-order valence-electron chi connectivity index (χ1n) is 8.21. The van der Waals surface area contributed by atoms with Crippen molar-refractivity contribution in [2.45, 2.75) is 59.4 Å². The van der Waals surface area contributed by atoms with Crippen molar-refractivity contribution < 1.29 is 8.42 Å². The van der Waals surface area contributed by atoms with Crippen molar-refractivity contribution in [3.05, 3.63) is 45.8 Å². The van der Waals surface area contributed by atoms with Gasteiger partial charge in [-0.3, -0.25) is 4.68 Å². The van der Waals surface area contributed by atoms with E-state index in [4.69, 9.17) is 0 Å². The highest BCUT2D eigenvalue weighted by Crippen LogP contribution is 2.29. The number of hydrogen-bond donors (Lipinski definition) is 1. The van der Waals surface area contributed by atoms with Gasteiger partial charge in [-0.15, -0.1) is 0 Å². The lowest BCUT2D eigenvalue weighted by molar-refractivity contribution is 0.552. The minimum absolute atomic E-state index is 0.395. The van der Waals surface area contributed by atoms with Crippen LogP contribution in [0.1, 0.15) is 39.8 Å². The van der Waals surface area contributed by atoms with Crippen LogP contribution < -0.4 is 4.72 Å². The Morgan fingerprint density at radius 2 is 1.50 bits per heavy atom. The summed E-state index contributed by atoms with van der Waals surface area (Å²) < 4.78 is 30.1. The molecule has 24 heavy (non-hydrogen) atoms. The predicted octanol–water partition coefficient (Wildman–Crippen LogP) is 3.10. The summed E-state index contributed by atoms with van der Waals surface area (Å²) in [5.41, 5.74) is 6.04. The molecule has 0 saturated carbocycles. The van der Waals surface area contributed by atoms with Gasteiger partial charge in [0.25, 0.3) is 0 Å². The molecule has 1 aromatic carbocycles. The molecular weight excluding hydrogens is 322 g/mol. The van der Waals surface area contributed by atoms with E-state index < -0.39 is 10.0 Å². The topological polar surface area (TPSA) is 64.0 Å². The van der Waals surface area contributed by atoms with Gasteiger partial charge >= 0.3 is 0 Å². The average Bonchev–Trinajstić information content (AvgIpc) is 2.93. The molecule has 0 radical (unpaired) electrons. The van der Waals surface area contributed by atoms with Gasteiger partial charge in [0.1, 0.15) is 0 Å². The zero-order valence-electron chi connectivity index (χ0n) is 15.4. The number of sulfonamides is 1. The average molecular weight is 350 g/mol. The van der Waals surface area contributed by atoms with Crippen LogP contribution in [0.25, 0.3) is 0 Å². The van der Waals surface area contributed by atoms with Crippen LogP contribution in [0, 0.1) is 41.5 Å². The van der Waals surface area contributed by atoms with E-state index in [2.05, 4.69) is 9.82 Å². The van der Waals surface area contributed by atoms with Gasteiger partial charge in [-0.1, -0.05) is 0 Å². The molecule has 5 nitrogen and oxygen atoms in total. The Balaban J connectivity index is 2.13. The SMILES string of the molecule is Cc1cnn(CCCNS(=O)(=O)c2c(C)c(C)c(C)c(C)c2C)c1. The van der Waals surface area contributed by atoms with Crippen molar-refractivity contribution in [2.75, 3.05) is 6.54 Å². The van der Waals surface area contributed by atoms with Crippen LogP contribution in [0.3, 0.4) is 0 Å². The van der Waals surface area contributed by atoms with Gasteiger partial charge < -0.3 is 0 Å². The lowest BCUT2D eigenvalue weighted by Gasteiger charge is -2.19. The fourth-order valence-electron chi connectivity index (χ4n) is 2.98. The van der Waals surface area contributed by atoms with Gasteiger partial charge in [-0.05, 0) is 81.3 Å². The maximum Gasteiger partial charge on any atom is 0.241 e. The minimum Gasteiger partial charge on any atom is -0.272 e. The van der Waals surface area contributed by atoms with E-state index in [-0.39, 0.29) is 0 Å². The van der Waals surface area contributed by atoms with E-state index in [1.807, 2.05) is 52.4 Å². The standard InChI is InChI=1S/C18H27N3O2S/c1-12-10-19-21(11-12)9-7-8-20-24(22,23)18-16(5)14(3)13(2)15(4)17(18)6/h10-11,20H,7-9H2,1-6H3. The van der Waals surface area contributed by atoms with Crippen molar-refractivity contribution in [1.29, 1.82) is 0 Å². The van der Waals surface area contributed by atoms with Crippen LogP contribution in [-0.2, 0) is 16.6 Å². The van der Waals surface area contributed by atoms with E-state index in [9.17, 15) is 8.42 Å². The molecule has 1 aromatic heterocycles. The van der Waals surface area contributed by atoms with E-state index in [1.165, 1.54) is 0 Å². The first-order chi connectivity index (χ1) is 11.1. The molecule has 0 atom stereocenters. The Hall–Kier alpha value is -1.66. The molecule has 1 N–H and O–H groups in total. The Morgan fingerprint density at radius 3 is 2.00 bits per heavy atom. The fourth-order valence-corrected chi connectivity index (χ4v) is 4.65. The second kappa shape index (κ2) is 7.07. The zero-order chi connectivity index (χ0) is 18.1. The largest absolute Gasteiger partial charge is 0.272 e. The van der Waals surface area contributed by atoms with Gasteiger partial charge in [0, 0.05) is 19.3 Å². The second-order valence-electron chi connectivity index (χ2n) is 6.49. The number of aryl methyl sites for hydroxylation is 2. The molecule has 0 bridgehead atoms. The van der Waals surface area contributed by atoms with E-state index in [0.717, 1.165) is 33.4 Å². The Kier molecular flexibility index (Phi) is 5.50. The summed E-state index contributed by atoms with van der Waals surface area (Å²) in [6.45, 7) is 12.9. The summed E-state index contributed by atoms with van der Waals surface area (Å²) in [5, 5.41) is 4.21. The van der Waals surface area contributed by atoms with Crippen LogP contribution >= 0.6 is 0 Å². The van der Waals surface area contributed by atoms with Crippen molar-refractivity contribution in [1.82, 2.24) is 14.5 Å². The lowest BCUT2D eigenvalue weighted by Crippen LogP contribution is -2.27. The third kappa shape index (κ3) is 3.70. The van der Waals surface area contributed by atoms with Crippen LogP contribution in [-0.4, -0.2) is 24.7 Å². The number of aromatic nitrogens is 2. The first kappa shape index (κ1) is 18.7. The molecule has 0 aliphatic heterocycles. The molecule has 2 rings (SSSR count). The number of benzene rings is 1. The van der Waals surface area contributed by atoms with Crippen molar-refractivity contribution in [3.63, 3.8) is 0 Å². The molecule has 0 unspecified atom stereocenters. The van der Waals surface area contributed by atoms with Gasteiger partial charge in [0.2, 0.25) is 10.0 Å². The quantitative estimate of drug-likeness (QED) is 0.815. The summed E-state index contributed by atoms with van der Waals surface area (Å²) >= 11 is 0. The van der Waals surface area contributed by atoms with Gasteiger partial charge in [-0.25, -0.2) is 13.1 Å². The summed E-state index contributed by atoms with van der Waals surface area (Å²) in [4.78, 5) is 0.429. The molecule has 0 saturated heterocycles. The molecule has 1 heterocycles. The maximum atomic E-state index is 12.8. The second-order valence-corrected chi connectivity index (χ2v) is 8.19. The van der Waals surface area contributed by atoms with Crippen molar-refractivity contribution in [3.8, 4) is 0 Å². The van der Waals surface area contributed by atoms with Crippen LogP contribution in [0.15, 0.2) is 17.3 Å². The van der Waals surface area contributed by atoms with Crippen molar-refractivity contribution in [2.24, 2.45) is 0 Å². The van der Waals surface area contributed by atoms with E-state index in [1.54, 1.807) is 6.20 Å². The summed E-state index contributed by atoms with van der Waals surface area (Å²) in [6.07, 6.45) is 4.45. The maximum absolute atomic E-state index is 12.8. The number of rotatable bonds is 6. The molecule has 2 aromatic rings. The normalized spacial score (nSPS) is 11.9. The number of nitrogens with zero attached hydrogens (tertiary/aromatic N) is 2. The Labute approximate surface area is 145 Å². The lowest BCUT2D eigenvalue weighted by atomic mass is 9.95. The molecule has 132 valence electrons. The smallest absolute Gasteiger partial charge is 0.241 e. The monoisotopic (exact) mass is 349 g/mol. The molecule has 0 aliphatic carbocycles. The molecular formula is C18H27N3O2S. The molecule has 0 spiro atoms. The third-order valence-electron chi connectivity index (χ3n) is 4.82. The van der Waals surface area contributed by atoms with Crippen LogP contribution in [0.2, 0.25) is 0 Å². The molecule has 0 aliphatic rings. The highest BCUT2D eigenvalue weighted by atomic mass is 32.2. The van der Waals surface area contributed by atoms with Gasteiger partial charge in [0.05, 0.1) is 11.1 Å². The Bertz CT molecular complexity index is 822. The van der Waals surface area contributed by atoms with Crippen LogP contribution in [0.5, 0.6) is 0 Å². The Morgan fingerprint density at radius 1 is 0.958 bits per heavy atom. The first-order valence-corrected chi connectivity index (χ1v) is 9.69. The molecule has 0 fully saturated rings. The predicted molar refractivity (Wildman–Crippen MR) is 96.9 cm³/mol. The van der Waals surface area contributed by atoms with Gasteiger partial charge in [0.15, 0.2) is 0 Å². The van der Waals surface area contributed by atoms with E-state index in [0.29, 0.717) is 24.4 Å². The summed E-state index contributed by atoms with van der Waals surface area (Å²) in [5.74, 6) is 0. The molecule has 0 amide bonds.